The molecule has 154 valence electrons. The SMILES string of the molecule is Cc1cc(OCCCC(=O)N2CCN(C(=O)c3ccccc3F)CC2)ccc1Cl. The van der Waals surface area contributed by atoms with Crippen LogP contribution in [0.3, 0.4) is 0 Å². The Bertz CT molecular complexity index is 882. The summed E-state index contributed by atoms with van der Waals surface area (Å²) < 4.78 is 19.5. The molecule has 0 spiro atoms. The molecule has 1 fully saturated rings. The molecule has 3 rings (SSSR count). The van der Waals surface area contributed by atoms with Crippen molar-refractivity contribution in [3.63, 3.8) is 0 Å². The Balaban J connectivity index is 1.40. The first-order valence-electron chi connectivity index (χ1n) is 9.66. The standard InChI is InChI=1S/C22H24ClFN2O3/c1-16-15-17(8-9-19(16)23)29-14-4-7-21(27)25-10-12-26(13-11-25)22(28)18-5-2-3-6-20(18)24/h2-3,5-6,8-9,15H,4,7,10-14H2,1H3. The minimum atomic E-state index is -0.521. The van der Waals surface area contributed by atoms with Crippen molar-refractivity contribution in [2.24, 2.45) is 0 Å². The minimum absolute atomic E-state index is 0.0406. The van der Waals surface area contributed by atoms with Crippen LogP contribution in [-0.2, 0) is 4.79 Å². The van der Waals surface area contributed by atoms with Gasteiger partial charge in [0.05, 0.1) is 12.2 Å². The lowest BCUT2D eigenvalue weighted by Gasteiger charge is -2.35. The fourth-order valence-electron chi connectivity index (χ4n) is 3.24. The number of benzene rings is 2. The predicted molar refractivity (Wildman–Crippen MR) is 110 cm³/mol. The van der Waals surface area contributed by atoms with Crippen LogP contribution in [0.1, 0.15) is 28.8 Å². The number of carbonyl (C=O) groups excluding carboxylic acids is 2. The molecule has 0 aliphatic carbocycles. The van der Waals surface area contributed by atoms with Crippen LogP contribution in [-0.4, -0.2) is 54.4 Å². The van der Waals surface area contributed by atoms with Crippen LogP contribution in [0.4, 0.5) is 4.39 Å². The van der Waals surface area contributed by atoms with E-state index in [9.17, 15) is 14.0 Å². The number of piperazine rings is 1. The highest BCUT2D eigenvalue weighted by atomic mass is 35.5. The molecule has 7 heteroatoms. The Hall–Kier alpha value is -2.60. The molecule has 1 aliphatic heterocycles. The molecule has 2 aromatic carbocycles. The molecular formula is C22H24ClFN2O3. The number of ether oxygens (including phenoxy) is 1. The molecule has 0 bridgehead atoms. The average Bonchev–Trinajstić information content (AvgIpc) is 2.73. The molecule has 0 radical (unpaired) electrons. The van der Waals surface area contributed by atoms with Gasteiger partial charge in [-0.2, -0.15) is 0 Å². The first kappa shape index (κ1) is 21.1. The summed E-state index contributed by atoms with van der Waals surface area (Å²) >= 11 is 5.99. The van der Waals surface area contributed by atoms with Crippen molar-refractivity contribution in [3.8, 4) is 5.75 Å². The lowest BCUT2D eigenvalue weighted by atomic mass is 10.1. The molecule has 0 N–H and O–H groups in total. The van der Waals surface area contributed by atoms with E-state index in [2.05, 4.69) is 0 Å². The van der Waals surface area contributed by atoms with Gasteiger partial charge < -0.3 is 14.5 Å². The van der Waals surface area contributed by atoms with Gasteiger partial charge in [0.15, 0.2) is 0 Å². The lowest BCUT2D eigenvalue weighted by molar-refractivity contribution is -0.132. The third-order valence-electron chi connectivity index (χ3n) is 4.96. The molecule has 1 saturated heterocycles. The molecule has 0 unspecified atom stereocenters. The van der Waals surface area contributed by atoms with Crippen molar-refractivity contribution < 1.29 is 18.7 Å². The summed E-state index contributed by atoms with van der Waals surface area (Å²) in [6.07, 6.45) is 0.989. The van der Waals surface area contributed by atoms with Crippen LogP contribution in [0.25, 0.3) is 0 Å². The summed E-state index contributed by atoms with van der Waals surface area (Å²) in [6, 6.07) is 11.4. The van der Waals surface area contributed by atoms with Gasteiger partial charge in [0.1, 0.15) is 11.6 Å². The van der Waals surface area contributed by atoms with Crippen molar-refractivity contribution in [1.82, 2.24) is 9.80 Å². The third-order valence-corrected chi connectivity index (χ3v) is 5.38. The summed E-state index contributed by atoms with van der Waals surface area (Å²) in [7, 11) is 0. The molecule has 1 aliphatic rings. The highest BCUT2D eigenvalue weighted by Gasteiger charge is 2.25. The van der Waals surface area contributed by atoms with Gasteiger partial charge in [-0.05, 0) is 49.2 Å². The van der Waals surface area contributed by atoms with Gasteiger partial charge in [-0.15, -0.1) is 0 Å². The number of aryl methyl sites for hydroxylation is 1. The summed E-state index contributed by atoms with van der Waals surface area (Å²) in [5, 5.41) is 0.695. The van der Waals surface area contributed by atoms with Crippen molar-refractivity contribution in [2.45, 2.75) is 19.8 Å². The number of carbonyl (C=O) groups is 2. The number of rotatable bonds is 6. The van der Waals surface area contributed by atoms with Crippen molar-refractivity contribution in [3.05, 3.63) is 64.4 Å². The van der Waals surface area contributed by atoms with Crippen LogP contribution < -0.4 is 4.74 Å². The van der Waals surface area contributed by atoms with E-state index in [-0.39, 0.29) is 17.4 Å². The van der Waals surface area contributed by atoms with Crippen LogP contribution >= 0.6 is 11.6 Å². The van der Waals surface area contributed by atoms with Crippen molar-refractivity contribution in [1.29, 1.82) is 0 Å². The number of halogens is 2. The minimum Gasteiger partial charge on any atom is -0.494 e. The van der Waals surface area contributed by atoms with Crippen molar-refractivity contribution >= 4 is 23.4 Å². The third kappa shape index (κ3) is 5.48. The smallest absolute Gasteiger partial charge is 0.256 e. The molecule has 2 aromatic rings. The van der Waals surface area contributed by atoms with E-state index in [0.29, 0.717) is 50.7 Å². The largest absolute Gasteiger partial charge is 0.494 e. The van der Waals surface area contributed by atoms with Gasteiger partial charge in [-0.3, -0.25) is 9.59 Å². The van der Waals surface area contributed by atoms with E-state index in [4.69, 9.17) is 16.3 Å². The van der Waals surface area contributed by atoms with E-state index >= 15 is 0 Å². The van der Waals surface area contributed by atoms with Gasteiger partial charge in [0.2, 0.25) is 5.91 Å². The first-order valence-corrected chi connectivity index (χ1v) is 10.0. The Morgan fingerprint density at radius 3 is 2.45 bits per heavy atom. The fourth-order valence-corrected chi connectivity index (χ4v) is 3.36. The van der Waals surface area contributed by atoms with E-state index in [1.54, 1.807) is 28.0 Å². The fraction of sp³-hybridized carbons (Fsp3) is 0.364. The van der Waals surface area contributed by atoms with Gasteiger partial charge in [0.25, 0.3) is 5.91 Å². The average molecular weight is 419 g/mol. The monoisotopic (exact) mass is 418 g/mol. The Morgan fingerprint density at radius 1 is 1.07 bits per heavy atom. The molecule has 0 aromatic heterocycles. The van der Waals surface area contributed by atoms with E-state index in [1.807, 2.05) is 19.1 Å². The topological polar surface area (TPSA) is 49.9 Å². The second-order valence-corrected chi connectivity index (χ2v) is 7.42. The van der Waals surface area contributed by atoms with E-state index in [1.165, 1.54) is 12.1 Å². The number of nitrogens with zero attached hydrogens (tertiary/aromatic N) is 2. The predicted octanol–water partition coefficient (Wildman–Crippen LogP) is 3.93. The first-order chi connectivity index (χ1) is 14.0. The number of hydrogen-bond acceptors (Lipinski definition) is 3. The molecular weight excluding hydrogens is 395 g/mol. The normalized spacial score (nSPS) is 14.0. The quantitative estimate of drug-likeness (QED) is 0.668. The maximum atomic E-state index is 13.8. The Labute approximate surface area is 175 Å². The maximum Gasteiger partial charge on any atom is 0.256 e. The number of hydrogen-bond donors (Lipinski definition) is 0. The molecule has 0 atom stereocenters. The van der Waals surface area contributed by atoms with E-state index < -0.39 is 5.82 Å². The zero-order valence-corrected chi connectivity index (χ0v) is 17.1. The molecule has 5 nitrogen and oxygen atoms in total. The Morgan fingerprint density at radius 2 is 1.76 bits per heavy atom. The molecule has 29 heavy (non-hydrogen) atoms. The van der Waals surface area contributed by atoms with Gasteiger partial charge in [0, 0.05) is 37.6 Å². The van der Waals surface area contributed by atoms with Crippen LogP contribution in [0, 0.1) is 12.7 Å². The highest BCUT2D eigenvalue weighted by molar-refractivity contribution is 6.31. The van der Waals surface area contributed by atoms with Crippen LogP contribution in [0.15, 0.2) is 42.5 Å². The summed E-state index contributed by atoms with van der Waals surface area (Å²) in [4.78, 5) is 28.2. The Kier molecular flexibility index (Phi) is 7.09. The molecule has 1 heterocycles. The zero-order valence-electron chi connectivity index (χ0n) is 16.4. The van der Waals surface area contributed by atoms with Gasteiger partial charge in [-0.1, -0.05) is 23.7 Å². The summed E-state index contributed by atoms with van der Waals surface area (Å²) in [5.41, 5.74) is 1.02. The van der Waals surface area contributed by atoms with Crippen molar-refractivity contribution in [2.75, 3.05) is 32.8 Å². The second-order valence-electron chi connectivity index (χ2n) is 7.02. The van der Waals surface area contributed by atoms with Crippen LogP contribution in [0.2, 0.25) is 5.02 Å². The summed E-state index contributed by atoms with van der Waals surface area (Å²) in [6.45, 7) is 4.07. The van der Waals surface area contributed by atoms with Gasteiger partial charge in [-0.25, -0.2) is 4.39 Å². The second kappa shape index (κ2) is 9.74. The molecule has 2 amide bonds. The zero-order chi connectivity index (χ0) is 20.8. The van der Waals surface area contributed by atoms with E-state index in [0.717, 1.165) is 11.3 Å². The maximum absolute atomic E-state index is 13.8. The van der Waals surface area contributed by atoms with Gasteiger partial charge >= 0.3 is 0 Å². The highest BCUT2D eigenvalue weighted by Crippen LogP contribution is 2.21. The molecule has 0 saturated carbocycles. The number of amides is 2. The van der Waals surface area contributed by atoms with Crippen LogP contribution in [0.5, 0.6) is 5.75 Å². The lowest BCUT2D eigenvalue weighted by Crippen LogP contribution is -2.50. The summed E-state index contributed by atoms with van der Waals surface area (Å²) in [5.74, 6) is -0.0766.